The summed E-state index contributed by atoms with van der Waals surface area (Å²) in [5.41, 5.74) is 0.746. The molecule has 7 nitrogen and oxygen atoms in total. The number of halogens is 1. The van der Waals surface area contributed by atoms with Crippen LogP contribution < -0.4 is 5.32 Å². The van der Waals surface area contributed by atoms with Crippen LogP contribution in [0.1, 0.15) is 34.8 Å². The van der Waals surface area contributed by atoms with Gasteiger partial charge in [-0.1, -0.05) is 12.5 Å². The topological polar surface area (TPSA) is 80.1 Å². The van der Waals surface area contributed by atoms with Crippen LogP contribution in [-0.4, -0.2) is 45.1 Å². The summed E-state index contributed by atoms with van der Waals surface area (Å²) in [6, 6.07) is 7.99. The third kappa shape index (κ3) is 4.25. The van der Waals surface area contributed by atoms with Crippen molar-refractivity contribution in [1.29, 1.82) is 0 Å². The van der Waals surface area contributed by atoms with Gasteiger partial charge >= 0.3 is 0 Å². The molecule has 30 heavy (non-hydrogen) atoms. The predicted octanol–water partition coefficient (Wildman–Crippen LogP) is 3.58. The molecule has 1 aromatic carbocycles. The molecule has 0 radical (unpaired) electrons. The highest BCUT2D eigenvalue weighted by Crippen LogP contribution is 2.26. The summed E-state index contributed by atoms with van der Waals surface area (Å²) < 4.78 is 16.4. The maximum absolute atomic E-state index is 14.4. The van der Waals surface area contributed by atoms with E-state index in [0.29, 0.717) is 16.3 Å². The largest absolute Gasteiger partial charge is 0.332 e. The quantitative estimate of drug-likeness (QED) is 0.675. The SMILES string of the molecule is CN(CC(=O)Nc1cc(-c2nnc3n2CCCCC3)ccc1F)C(=O)c1cccs1. The molecule has 2 amide bonds. The third-order valence-corrected chi connectivity index (χ3v) is 5.93. The number of amides is 2. The normalized spacial score (nSPS) is 13.4. The zero-order valence-corrected chi connectivity index (χ0v) is 17.4. The molecule has 1 aliphatic rings. The highest BCUT2D eigenvalue weighted by atomic mass is 32.1. The fraction of sp³-hybridized carbons (Fsp3) is 0.333. The summed E-state index contributed by atoms with van der Waals surface area (Å²) in [7, 11) is 1.54. The lowest BCUT2D eigenvalue weighted by Gasteiger charge is -2.16. The Morgan fingerprint density at radius 3 is 2.90 bits per heavy atom. The van der Waals surface area contributed by atoms with Gasteiger partial charge in [0.25, 0.3) is 5.91 Å². The molecular formula is C21H22FN5O2S. The number of thiophene rings is 1. The van der Waals surface area contributed by atoms with E-state index in [-0.39, 0.29) is 18.1 Å². The molecule has 0 saturated heterocycles. The van der Waals surface area contributed by atoms with E-state index in [4.69, 9.17) is 0 Å². The van der Waals surface area contributed by atoms with Gasteiger partial charge < -0.3 is 14.8 Å². The number of hydrogen-bond acceptors (Lipinski definition) is 5. The number of likely N-dealkylation sites (N-methyl/N-ethyl adjacent to an activating group) is 1. The minimum Gasteiger partial charge on any atom is -0.332 e. The van der Waals surface area contributed by atoms with E-state index in [9.17, 15) is 14.0 Å². The van der Waals surface area contributed by atoms with E-state index in [1.807, 2.05) is 0 Å². The molecule has 0 fully saturated rings. The summed E-state index contributed by atoms with van der Waals surface area (Å²) in [5.74, 6) is 0.340. The lowest BCUT2D eigenvalue weighted by molar-refractivity contribution is -0.116. The molecule has 1 N–H and O–H groups in total. The molecule has 1 aliphatic heterocycles. The van der Waals surface area contributed by atoms with Crippen LogP contribution in [-0.2, 0) is 17.8 Å². The Morgan fingerprint density at radius 1 is 1.23 bits per heavy atom. The second-order valence-electron chi connectivity index (χ2n) is 7.28. The van der Waals surface area contributed by atoms with Gasteiger partial charge in [0, 0.05) is 25.6 Å². The summed E-state index contributed by atoms with van der Waals surface area (Å²) >= 11 is 1.31. The first kappa shape index (κ1) is 20.2. The first-order valence-corrected chi connectivity index (χ1v) is 10.7. The highest BCUT2D eigenvalue weighted by molar-refractivity contribution is 7.12. The average molecular weight is 428 g/mol. The van der Waals surface area contributed by atoms with Crippen molar-refractivity contribution in [1.82, 2.24) is 19.7 Å². The second kappa shape index (κ2) is 8.74. The van der Waals surface area contributed by atoms with Crippen molar-refractivity contribution in [2.75, 3.05) is 18.9 Å². The van der Waals surface area contributed by atoms with Crippen LogP contribution in [0, 0.1) is 5.82 Å². The fourth-order valence-electron chi connectivity index (χ4n) is 3.52. The minimum atomic E-state index is -0.546. The van der Waals surface area contributed by atoms with Crippen molar-refractivity contribution in [2.45, 2.75) is 32.2 Å². The van der Waals surface area contributed by atoms with Crippen molar-refractivity contribution in [2.24, 2.45) is 0 Å². The van der Waals surface area contributed by atoms with E-state index in [0.717, 1.165) is 38.1 Å². The first-order chi connectivity index (χ1) is 14.5. The molecule has 0 bridgehead atoms. The van der Waals surface area contributed by atoms with Crippen molar-refractivity contribution >= 4 is 28.8 Å². The van der Waals surface area contributed by atoms with Crippen LogP contribution in [0.25, 0.3) is 11.4 Å². The van der Waals surface area contributed by atoms with Crippen LogP contribution in [0.3, 0.4) is 0 Å². The number of carbonyl (C=O) groups is 2. The van der Waals surface area contributed by atoms with E-state index >= 15 is 0 Å². The number of carbonyl (C=O) groups excluding carboxylic acids is 2. The van der Waals surface area contributed by atoms with Crippen LogP contribution >= 0.6 is 11.3 Å². The molecular weight excluding hydrogens is 405 g/mol. The van der Waals surface area contributed by atoms with Gasteiger partial charge in [-0.25, -0.2) is 4.39 Å². The lowest BCUT2D eigenvalue weighted by atomic mass is 10.1. The van der Waals surface area contributed by atoms with Crippen molar-refractivity contribution in [3.63, 3.8) is 0 Å². The van der Waals surface area contributed by atoms with E-state index in [1.54, 1.807) is 36.7 Å². The molecule has 0 unspecified atom stereocenters. The van der Waals surface area contributed by atoms with Crippen LogP contribution in [0.4, 0.5) is 10.1 Å². The van der Waals surface area contributed by atoms with Crippen molar-refractivity contribution in [3.05, 3.63) is 52.2 Å². The summed E-state index contributed by atoms with van der Waals surface area (Å²) in [5, 5.41) is 12.9. The number of aromatic nitrogens is 3. The van der Waals surface area contributed by atoms with Crippen LogP contribution in [0.2, 0.25) is 0 Å². The maximum atomic E-state index is 14.4. The zero-order valence-electron chi connectivity index (χ0n) is 16.6. The third-order valence-electron chi connectivity index (χ3n) is 5.07. The van der Waals surface area contributed by atoms with Gasteiger partial charge in [0.1, 0.15) is 11.6 Å². The van der Waals surface area contributed by atoms with Gasteiger partial charge in [-0.3, -0.25) is 9.59 Å². The van der Waals surface area contributed by atoms with Crippen LogP contribution in [0.5, 0.6) is 0 Å². The number of nitrogens with zero attached hydrogens (tertiary/aromatic N) is 4. The van der Waals surface area contributed by atoms with Crippen LogP contribution in [0.15, 0.2) is 35.7 Å². The maximum Gasteiger partial charge on any atom is 0.264 e. The van der Waals surface area contributed by atoms with Gasteiger partial charge in [0.05, 0.1) is 17.1 Å². The molecule has 4 rings (SSSR count). The Hall–Kier alpha value is -3.07. The molecule has 0 aliphatic carbocycles. The number of benzene rings is 1. The monoisotopic (exact) mass is 427 g/mol. The van der Waals surface area contributed by atoms with Crippen molar-refractivity contribution in [3.8, 4) is 11.4 Å². The molecule has 2 aromatic heterocycles. The molecule has 0 spiro atoms. The first-order valence-electron chi connectivity index (χ1n) is 9.84. The zero-order chi connectivity index (χ0) is 21.1. The summed E-state index contributed by atoms with van der Waals surface area (Å²) in [4.78, 5) is 26.6. The number of rotatable bonds is 5. The standard InChI is InChI=1S/C21H22FN5O2S/c1-26(21(29)17-6-5-11-30-17)13-19(28)23-16-12-14(8-9-15(16)22)20-25-24-18-7-3-2-4-10-27(18)20/h5-6,8-9,11-12H,2-4,7,10,13H2,1H3,(H,23,28). The smallest absolute Gasteiger partial charge is 0.264 e. The Kier molecular flexibility index (Phi) is 5.89. The Balaban J connectivity index is 1.49. The van der Waals surface area contributed by atoms with Gasteiger partial charge in [0.15, 0.2) is 5.82 Å². The summed E-state index contributed by atoms with van der Waals surface area (Å²) in [6.45, 7) is 0.646. The van der Waals surface area contributed by atoms with E-state index < -0.39 is 11.7 Å². The lowest BCUT2D eigenvalue weighted by Crippen LogP contribution is -2.34. The molecule has 0 atom stereocenters. The fourth-order valence-corrected chi connectivity index (χ4v) is 4.24. The summed E-state index contributed by atoms with van der Waals surface area (Å²) in [6.07, 6.45) is 4.15. The minimum absolute atomic E-state index is 0.0560. The van der Waals surface area contributed by atoms with E-state index in [2.05, 4.69) is 20.1 Å². The number of aryl methyl sites for hydroxylation is 1. The second-order valence-corrected chi connectivity index (χ2v) is 8.23. The molecule has 3 aromatic rings. The van der Waals surface area contributed by atoms with E-state index in [1.165, 1.54) is 22.3 Å². The number of fused-ring (bicyclic) bond motifs is 1. The highest BCUT2D eigenvalue weighted by Gasteiger charge is 2.19. The number of hydrogen-bond donors (Lipinski definition) is 1. The Morgan fingerprint density at radius 2 is 2.10 bits per heavy atom. The number of anilines is 1. The Bertz CT molecular complexity index is 1060. The van der Waals surface area contributed by atoms with Gasteiger partial charge in [-0.05, 0) is 42.5 Å². The van der Waals surface area contributed by atoms with Gasteiger partial charge in [-0.2, -0.15) is 0 Å². The van der Waals surface area contributed by atoms with Gasteiger partial charge in [-0.15, -0.1) is 21.5 Å². The molecule has 0 saturated carbocycles. The van der Waals surface area contributed by atoms with Crippen molar-refractivity contribution < 1.29 is 14.0 Å². The number of nitrogens with one attached hydrogen (secondary N) is 1. The Labute approximate surface area is 177 Å². The average Bonchev–Trinajstić information content (AvgIpc) is 3.34. The molecule has 3 heterocycles. The molecule has 9 heteroatoms. The van der Waals surface area contributed by atoms with Gasteiger partial charge in [0.2, 0.25) is 5.91 Å². The predicted molar refractivity (Wildman–Crippen MR) is 113 cm³/mol. The molecule has 156 valence electrons.